The van der Waals surface area contributed by atoms with Crippen LogP contribution in [0.5, 0.6) is 11.5 Å². The van der Waals surface area contributed by atoms with Crippen molar-refractivity contribution >= 4 is 0 Å². The van der Waals surface area contributed by atoms with Crippen LogP contribution >= 0.6 is 0 Å². The maximum Gasteiger partial charge on any atom is 0.401 e. The minimum atomic E-state index is -4.19. The number of halogens is 3. The molecule has 0 unspecified atom stereocenters. The van der Waals surface area contributed by atoms with Gasteiger partial charge in [-0.2, -0.15) is 13.2 Å². The summed E-state index contributed by atoms with van der Waals surface area (Å²) in [5, 5.41) is 2.29. The van der Waals surface area contributed by atoms with Gasteiger partial charge in [-0.25, -0.2) is 0 Å². The van der Waals surface area contributed by atoms with Gasteiger partial charge < -0.3 is 14.8 Å². The summed E-state index contributed by atoms with van der Waals surface area (Å²) in [6, 6.07) is 5.60. The van der Waals surface area contributed by atoms with Crippen LogP contribution in [0, 0.1) is 0 Å². The lowest BCUT2D eigenvalue weighted by molar-refractivity contribution is -0.124. The molecule has 0 aromatic heterocycles. The molecule has 0 atom stereocenters. The SMILES string of the molecule is CC1(C)Cc2cccc(OCCNCC(F)(F)F)c2O1. The van der Waals surface area contributed by atoms with Crippen LogP contribution in [0.1, 0.15) is 19.4 Å². The largest absolute Gasteiger partial charge is 0.488 e. The number of hydrogen-bond donors (Lipinski definition) is 1. The molecular weight excluding hydrogens is 271 g/mol. The molecule has 0 fully saturated rings. The highest BCUT2D eigenvalue weighted by Crippen LogP contribution is 2.41. The number of alkyl halides is 3. The van der Waals surface area contributed by atoms with E-state index in [1.54, 1.807) is 6.07 Å². The van der Waals surface area contributed by atoms with Gasteiger partial charge in [0, 0.05) is 18.5 Å². The Morgan fingerprint density at radius 2 is 2.10 bits per heavy atom. The standard InChI is InChI=1S/C14H18F3NO2/c1-13(2)8-10-4-3-5-11(12(10)20-13)19-7-6-18-9-14(15,16)17/h3-5,18H,6-9H2,1-2H3. The molecule has 0 radical (unpaired) electrons. The summed E-state index contributed by atoms with van der Waals surface area (Å²) in [7, 11) is 0. The Hall–Kier alpha value is -1.43. The van der Waals surface area contributed by atoms with E-state index in [4.69, 9.17) is 9.47 Å². The first-order valence-electron chi connectivity index (χ1n) is 6.48. The second kappa shape index (κ2) is 5.52. The predicted molar refractivity (Wildman–Crippen MR) is 69.3 cm³/mol. The maximum absolute atomic E-state index is 11.9. The fourth-order valence-electron chi connectivity index (χ4n) is 2.16. The highest BCUT2D eigenvalue weighted by Gasteiger charge is 2.32. The topological polar surface area (TPSA) is 30.5 Å². The third-order valence-corrected chi connectivity index (χ3v) is 2.92. The molecule has 3 nitrogen and oxygen atoms in total. The molecule has 1 N–H and O–H groups in total. The molecule has 1 aliphatic rings. The zero-order valence-electron chi connectivity index (χ0n) is 11.5. The number of fused-ring (bicyclic) bond motifs is 1. The fourth-order valence-corrected chi connectivity index (χ4v) is 2.16. The van der Waals surface area contributed by atoms with Crippen molar-refractivity contribution in [3.63, 3.8) is 0 Å². The Labute approximate surface area is 116 Å². The van der Waals surface area contributed by atoms with Gasteiger partial charge >= 0.3 is 6.18 Å². The van der Waals surface area contributed by atoms with E-state index in [0.717, 1.165) is 12.0 Å². The Morgan fingerprint density at radius 1 is 1.35 bits per heavy atom. The smallest absolute Gasteiger partial charge is 0.401 e. The van der Waals surface area contributed by atoms with E-state index in [-0.39, 0.29) is 18.8 Å². The van der Waals surface area contributed by atoms with E-state index in [1.165, 1.54) is 0 Å². The summed E-state index contributed by atoms with van der Waals surface area (Å²) in [5.74, 6) is 1.29. The van der Waals surface area contributed by atoms with Crippen molar-refractivity contribution in [2.45, 2.75) is 32.0 Å². The first-order chi connectivity index (χ1) is 9.27. The van der Waals surface area contributed by atoms with Crippen LogP contribution in [0.2, 0.25) is 0 Å². The predicted octanol–water partition coefficient (Wildman–Crippen LogP) is 2.93. The minimum absolute atomic E-state index is 0.132. The molecule has 1 heterocycles. The average molecular weight is 289 g/mol. The second-order valence-electron chi connectivity index (χ2n) is 5.42. The van der Waals surface area contributed by atoms with E-state index in [9.17, 15) is 13.2 Å². The molecule has 1 aliphatic heterocycles. The van der Waals surface area contributed by atoms with Gasteiger partial charge in [-0.15, -0.1) is 0 Å². The molecule has 0 amide bonds. The Kier molecular flexibility index (Phi) is 4.13. The van der Waals surface area contributed by atoms with Crippen molar-refractivity contribution < 1.29 is 22.6 Å². The van der Waals surface area contributed by atoms with Crippen LogP contribution in [-0.4, -0.2) is 31.5 Å². The van der Waals surface area contributed by atoms with Gasteiger partial charge in [0.1, 0.15) is 12.2 Å². The van der Waals surface area contributed by atoms with Gasteiger partial charge in [-0.3, -0.25) is 0 Å². The van der Waals surface area contributed by atoms with E-state index in [1.807, 2.05) is 26.0 Å². The maximum atomic E-state index is 11.9. The summed E-state index contributed by atoms with van der Waals surface area (Å²) in [5.41, 5.74) is 0.798. The number of para-hydroxylation sites is 1. The van der Waals surface area contributed by atoms with E-state index < -0.39 is 12.7 Å². The summed E-state index contributed by atoms with van der Waals surface area (Å²) < 4.78 is 47.2. The molecule has 0 bridgehead atoms. The molecule has 20 heavy (non-hydrogen) atoms. The highest BCUT2D eigenvalue weighted by atomic mass is 19.4. The molecule has 0 saturated heterocycles. The van der Waals surface area contributed by atoms with Crippen molar-refractivity contribution in [3.8, 4) is 11.5 Å². The molecule has 1 aromatic carbocycles. The summed E-state index contributed by atoms with van der Waals surface area (Å²) in [4.78, 5) is 0. The number of hydrogen-bond acceptors (Lipinski definition) is 3. The van der Waals surface area contributed by atoms with Crippen molar-refractivity contribution in [3.05, 3.63) is 23.8 Å². The minimum Gasteiger partial charge on any atom is -0.488 e. The Morgan fingerprint density at radius 3 is 2.80 bits per heavy atom. The van der Waals surface area contributed by atoms with Gasteiger partial charge in [0.05, 0.1) is 6.54 Å². The van der Waals surface area contributed by atoms with Gasteiger partial charge in [0.15, 0.2) is 11.5 Å². The Bertz CT molecular complexity index is 472. The summed E-state index contributed by atoms with van der Waals surface area (Å²) in [6.07, 6.45) is -3.40. The van der Waals surface area contributed by atoms with Crippen LogP contribution in [0.4, 0.5) is 13.2 Å². The first kappa shape index (κ1) is 15.0. The lowest BCUT2D eigenvalue weighted by Crippen LogP contribution is -2.31. The second-order valence-corrected chi connectivity index (χ2v) is 5.42. The van der Waals surface area contributed by atoms with E-state index in [2.05, 4.69) is 5.32 Å². The quantitative estimate of drug-likeness (QED) is 0.845. The molecule has 0 spiro atoms. The molecular formula is C14H18F3NO2. The molecule has 1 aromatic rings. The van der Waals surface area contributed by atoms with Crippen LogP contribution in [0.15, 0.2) is 18.2 Å². The number of ether oxygens (including phenoxy) is 2. The van der Waals surface area contributed by atoms with Crippen LogP contribution < -0.4 is 14.8 Å². The normalized spacial score (nSPS) is 16.6. The molecule has 0 aliphatic carbocycles. The molecule has 2 rings (SSSR count). The molecule has 112 valence electrons. The third kappa shape index (κ3) is 4.03. The van der Waals surface area contributed by atoms with Crippen molar-refractivity contribution in [2.24, 2.45) is 0 Å². The van der Waals surface area contributed by atoms with Crippen LogP contribution in [0.3, 0.4) is 0 Å². The fraction of sp³-hybridized carbons (Fsp3) is 0.571. The van der Waals surface area contributed by atoms with Crippen molar-refractivity contribution in [2.75, 3.05) is 19.7 Å². The third-order valence-electron chi connectivity index (χ3n) is 2.92. The zero-order valence-corrected chi connectivity index (χ0v) is 11.5. The molecule has 6 heteroatoms. The van der Waals surface area contributed by atoms with Crippen LogP contribution in [0.25, 0.3) is 0 Å². The van der Waals surface area contributed by atoms with Crippen molar-refractivity contribution in [1.82, 2.24) is 5.32 Å². The van der Waals surface area contributed by atoms with Gasteiger partial charge in [0.2, 0.25) is 0 Å². The molecule has 0 saturated carbocycles. The van der Waals surface area contributed by atoms with Gasteiger partial charge in [-0.05, 0) is 19.9 Å². The lowest BCUT2D eigenvalue weighted by Gasteiger charge is -2.18. The summed E-state index contributed by atoms with van der Waals surface area (Å²) >= 11 is 0. The number of nitrogens with one attached hydrogen (secondary N) is 1. The average Bonchev–Trinajstić information content (AvgIpc) is 2.62. The Balaban J connectivity index is 1.85. The monoisotopic (exact) mass is 289 g/mol. The van der Waals surface area contributed by atoms with E-state index in [0.29, 0.717) is 11.5 Å². The number of rotatable bonds is 5. The van der Waals surface area contributed by atoms with Crippen molar-refractivity contribution in [1.29, 1.82) is 0 Å². The first-order valence-corrected chi connectivity index (χ1v) is 6.48. The van der Waals surface area contributed by atoms with E-state index >= 15 is 0 Å². The lowest BCUT2D eigenvalue weighted by atomic mass is 10.0. The highest BCUT2D eigenvalue weighted by molar-refractivity contribution is 5.50. The zero-order chi connectivity index (χ0) is 14.8. The van der Waals surface area contributed by atoms with Gasteiger partial charge in [-0.1, -0.05) is 12.1 Å². The number of benzene rings is 1. The summed E-state index contributed by atoms with van der Waals surface area (Å²) in [6.45, 7) is 3.26. The van der Waals surface area contributed by atoms with Gasteiger partial charge in [0.25, 0.3) is 0 Å². The van der Waals surface area contributed by atoms with Crippen LogP contribution in [-0.2, 0) is 6.42 Å².